The van der Waals surface area contributed by atoms with Crippen LogP contribution in [0.4, 0.5) is 15.8 Å². The molecule has 1 atom stereocenters. The molecule has 0 spiro atoms. The van der Waals surface area contributed by atoms with Crippen LogP contribution in [0.5, 0.6) is 0 Å². The van der Waals surface area contributed by atoms with E-state index in [1.54, 1.807) is 0 Å². The highest BCUT2D eigenvalue weighted by Crippen LogP contribution is 2.28. The van der Waals surface area contributed by atoms with Crippen molar-refractivity contribution in [3.8, 4) is 0 Å². The quantitative estimate of drug-likeness (QED) is 0.776. The van der Waals surface area contributed by atoms with Gasteiger partial charge in [-0.3, -0.25) is 9.59 Å². The number of carbonyl (C=O) groups excluding carboxylic acids is 2. The average Bonchev–Trinajstić information content (AvgIpc) is 3.06. The van der Waals surface area contributed by atoms with Crippen LogP contribution in [0.15, 0.2) is 47.4 Å². The summed E-state index contributed by atoms with van der Waals surface area (Å²) in [7, 11) is -0.697. The summed E-state index contributed by atoms with van der Waals surface area (Å²) in [6.07, 6.45) is 0.0124. The molecule has 1 fully saturated rings. The van der Waals surface area contributed by atoms with E-state index in [0.717, 1.165) is 10.4 Å². The minimum Gasteiger partial charge on any atom is -0.326 e. The van der Waals surface area contributed by atoms with E-state index in [0.29, 0.717) is 11.4 Å². The van der Waals surface area contributed by atoms with E-state index in [1.165, 1.54) is 55.4 Å². The number of carbonyl (C=O) groups is 2. The first kappa shape index (κ1) is 21.2. The molecule has 0 bridgehead atoms. The van der Waals surface area contributed by atoms with Gasteiger partial charge in [-0.05, 0) is 42.5 Å². The summed E-state index contributed by atoms with van der Waals surface area (Å²) in [5.41, 5.74) is 0.846. The van der Waals surface area contributed by atoms with Crippen LogP contribution in [0.1, 0.15) is 6.42 Å². The molecule has 0 aliphatic carbocycles. The number of sulfonamides is 1. The summed E-state index contributed by atoms with van der Waals surface area (Å²) in [6, 6.07) is 9.75. The third kappa shape index (κ3) is 4.42. The number of hydrogen-bond donors (Lipinski definition) is 1. The van der Waals surface area contributed by atoms with E-state index in [1.807, 2.05) is 0 Å². The topological polar surface area (TPSA) is 86.8 Å². The van der Waals surface area contributed by atoms with E-state index < -0.39 is 21.8 Å². The lowest BCUT2D eigenvalue weighted by atomic mass is 10.1. The third-order valence-corrected chi connectivity index (χ3v) is 6.73. The first-order valence-electron chi connectivity index (χ1n) is 8.68. The molecule has 1 aliphatic rings. The molecule has 2 amide bonds. The number of hydrogen-bond acceptors (Lipinski definition) is 4. The molecule has 1 N–H and O–H groups in total. The van der Waals surface area contributed by atoms with Gasteiger partial charge in [-0.15, -0.1) is 0 Å². The Morgan fingerprint density at radius 3 is 2.45 bits per heavy atom. The Morgan fingerprint density at radius 2 is 1.86 bits per heavy atom. The Balaban J connectivity index is 1.71. The Bertz CT molecular complexity index is 1060. The molecule has 0 aromatic heterocycles. The molecule has 29 heavy (non-hydrogen) atoms. The number of nitrogens with one attached hydrogen (secondary N) is 1. The van der Waals surface area contributed by atoms with Crippen molar-refractivity contribution in [3.05, 3.63) is 53.3 Å². The monoisotopic (exact) mass is 439 g/mol. The van der Waals surface area contributed by atoms with Crippen molar-refractivity contribution in [2.24, 2.45) is 5.92 Å². The fourth-order valence-electron chi connectivity index (χ4n) is 2.96. The fourth-order valence-corrected chi connectivity index (χ4v) is 4.04. The van der Waals surface area contributed by atoms with Gasteiger partial charge in [0, 0.05) is 38.4 Å². The SMILES string of the molecule is CN(C)S(=O)(=O)c1ccc(N2CC(C(=O)Nc3ccc(F)c(Cl)c3)CC2=O)cc1. The largest absolute Gasteiger partial charge is 0.326 e. The Hall–Kier alpha value is -2.49. The predicted octanol–water partition coefficient (Wildman–Crippen LogP) is 2.72. The van der Waals surface area contributed by atoms with Crippen molar-refractivity contribution in [3.63, 3.8) is 0 Å². The number of rotatable bonds is 5. The van der Waals surface area contributed by atoms with E-state index in [9.17, 15) is 22.4 Å². The number of halogens is 2. The first-order chi connectivity index (χ1) is 13.6. The van der Waals surface area contributed by atoms with Crippen molar-refractivity contribution in [2.75, 3.05) is 30.9 Å². The lowest BCUT2D eigenvalue weighted by molar-refractivity contribution is -0.122. The van der Waals surface area contributed by atoms with Gasteiger partial charge >= 0.3 is 0 Å². The van der Waals surface area contributed by atoms with Crippen LogP contribution in [-0.4, -0.2) is 45.2 Å². The van der Waals surface area contributed by atoms with E-state index in [2.05, 4.69) is 5.32 Å². The summed E-state index contributed by atoms with van der Waals surface area (Å²) in [5, 5.41) is 2.52. The van der Waals surface area contributed by atoms with Crippen LogP contribution >= 0.6 is 11.6 Å². The van der Waals surface area contributed by atoms with Crippen LogP contribution in [0.3, 0.4) is 0 Å². The van der Waals surface area contributed by atoms with E-state index >= 15 is 0 Å². The normalized spacial score (nSPS) is 17.1. The maximum atomic E-state index is 13.2. The minimum atomic E-state index is -3.57. The van der Waals surface area contributed by atoms with Crippen LogP contribution in [0.2, 0.25) is 5.02 Å². The van der Waals surface area contributed by atoms with Gasteiger partial charge < -0.3 is 10.2 Å². The van der Waals surface area contributed by atoms with Gasteiger partial charge in [0.15, 0.2) is 0 Å². The highest BCUT2D eigenvalue weighted by Gasteiger charge is 2.35. The zero-order chi connectivity index (χ0) is 21.3. The minimum absolute atomic E-state index is 0.0124. The Labute approximate surface area is 173 Å². The Kier molecular flexibility index (Phi) is 5.92. The van der Waals surface area contributed by atoms with Gasteiger partial charge in [-0.1, -0.05) is 11.6 Å². The zero-order valence-corrected chi connectivity index (χ0v) is 17.3. The molecular weight excluding hydrogens is 421 g/mol. The first-order valence-corrected chi connectivity index (χ1v) is 10.5. The van der Waals surface area contributed by atoms with Crippen molar-refractivity contribution < 1.29 is 22.4 Å². The van der Waals surface area contributed by atoms with Crippen molar-refractivity contribution >= 4 is 44.8 Å². The summed E-state index contributed by atoms with van der Waals surface area (Å²) < 4.78 is 38.6. The summed E-state index contributed by atoms with van der Waals surface area (Å²) in [6.45, 7) is 0.152. The molecule has 1 unspecified atom stereocenters. The summed E-state index contributed by atoms with van der Waals surface area (Å²) in [4.78, 5) is 26.4. The van der Waals surface area contributed by atoms with Gasteiger partial charge in [-0.2, -0.15) is 0 Å². The fraction of sp³-hybridized carbons (Fsp3) is 0.263. The maximum absolute atomic E-state index is 13.2. The highest BCUT2D eigenvalue weighted by atomic mass is 35.5. The van der Waals surface area contributed by atoms with Crippen LogP contribution in [-0.2, 0) is 19.6 Å². The standard InChI is InChI=1S/C19H19ClFN3O4S/c1-23(2)29(27,28)15-6-4-14(5-7-15)24-11-12(9-18(24)25)19(26)22-13-3-8-17(21)16(20)10-13/h3-8,10,12H,9,11H2,1-2H3,(H,22,26). The molecule has 0 saturated carbocycles. The number of nitrogens with zero attached hydrogens (tertiary/aromatic N) is 2. The number of benzene rings is 2. The molecule has 1 heterocycles. The summed E-state index contributed by atoms with van der Waals surface area (Å²) in [5.74, 6) is -1.82. The van der Waals surface area contributed by atoms with Crippen molar-refractivity contribution in [2.45, 2.75) is 11.3 Å². The second kappa shape index (κ2) is 8.10. The van der Waals surface area contributed by atoms with Gasteiger partial charge in [0.05, 0.1) is 15.8 Å². The zero-order valence-electron chi connectivity index (χ0n) is 15.7. The highest BCUT2D eigenvalue weighted by molar-refractivity contribution is 7.89. The molecule has 1 aliphatic heterocycles. The molecule has 3 rings (SSSR count). The van der Waals surface area contributed by atoms with Crippen LogP contribution in [0.25, 0.3) is 0 Å². The van der Waals surface area contributed by atoms with E-state index in [4.69, 9.17) is 11.6 Å². The average molecular weight is 440 g/mol. The molecule has 7 nitrogen and oxygen atoms in total. The summed E-state index contributed by atoms with van der Waals surface area (Å²) >= 11 is 5.71. The van der Waals surface area contributed by atoms with Gasteiger partial charge in [-0.25, -0.2) is 17.1 Å². The molecule has 10 heteroatoms. The number of amides is 2. The van der Waals surface area contributed by atoms with E-state index in [-0.39, 0.29) is 34.7 Å². The van der Waals surface area contributed by atoms with Crippen LogP contribution < -0.4 is 10.2 Å². The molecule has 0 radical (unpaired) electrons. The molecule has 1 saturated heterocycles. The lowest BCUT2D eigenvalue weighted by Gasteiger charge is -2.18. The van der Waals surface area contributed by atoms with Crippen molar-refractivity contribution in [1.82, 2.24) is 4.31 Å². The lowest BCUT2D eigenvalue weighted by Crippen LogP contribution is -2.28. The van der Waals surface area contributed by atoms with Gasteiger partial charge in [0.25, 0.3) is 0 Å². The Morgan fingerprint density at radius 1 is 1.21 bits per heavy atom. The van der Waals surface area contributed by atoms with Gasteiger partial charge in [0.2, 0.25) is 21.8 Å². The predicted molar refractivity (Wildman–Crippen MR) is 108 cm³/mol. The molecule has 154 valence electrons. The smallest absolute Gasteiger partial charge is 0.242 e. The molecule has 2 aromatic rings. The third-order valence-electron chi connectivity index (χ3n) is 4.61. The second-order valence-corrected chi connectivity index (χ2v) is 9.36. The second-order valence-electron chi connectivity index (χ2n) is 6.80. The maximum Gasteiger partial charge on any atom is 0.242 e. The van der Waals surface area contributed by atoms with Crippen LogP contribution in [0, 0.1) is 11.7 Å². The van der Waals surface area contributed by atoms with Gasteiger partial charge in [0.1, 0.15) is 5.82 Å². The van der Waals surface area contributed by atoms with Crippen molar-refractivity contribution in [1.29, 1.82) is 0 Å². The molecular formula is C19H19ClFN3O4S. The number of anilines is 2. The molecule has 2 aromatic carbocycles.